The highest BCUT2D eigenvalue weighted by Gasteiger charge is 2.29. The number of rotatable bonds is 3. The molecule has 1 aromatic heterocycles. The van der Waals surface area contributed by atoms with Crippen LogP contribution in [0.15, 0.2) is 12.4 Å². The van der Waals surface area contributed by atoms with Gasteiger partial charge in [-0.3, -0.25) is 9.48 Å². The molecule has 106 valence electrons. The van der Waals surface area contributed by atoms with E-state index in [0.29, 0.717) is 11.6 Å². The number of amides is 1. The Morgan fingerprint density at radius 1 is 1.47 bits per heavy atom. The molecular formula is C14H24N4O. The van der Waals surface area contributed by atoms with Gasteiger partial charge in [0, 0.05) is 37.9 Å². The molecule has 0 bridgehead atoms. The van der Waals surface area contributed by atoms with E-state index < -0.39 is 0 Å². The van der Waals surface area contributed by atoms with Crippen LogP contribution in [0.2, 0.25) is 0 Å². The summed E-state index contributed by atoms with van der Waals surface area (Å²) in [6.45, 7) is 8.97. The van der Waals surface area contributed by atoms with Gasteiger partial charge in [-0.1, -0.05) is 6.92 Å². The fraction of sp³-hybridized carbons (Fsp3) is 0.714. The predicted molar refractivity (Wildman–Crippen MR) is 75.2 cm³/mol. The Bertz CT molecular complexity index is 440. The summed E-state index contributed by atoms with van der Waals surface area (Å²) in [4.78, 5) is 16.9. The van der Waals surface area contributed by atoms with Crippen molar-refractivity contribution in [2.45, 2.75) is 39.3 Å². The SMILES string of the molecule is CCC1CN(C)CCN1C(=O)c1cnn(C(C)C)c1. The van der Waals surface area contributed by atoms with Gasteiger partial charge in [0.2, 0.25) is 0 Å². The van der Waals surface area contributed by atoms with Crippen molar-refractivity contribution >= 4 is 5.91 Å². The zero-order valence-electron chi connectivity index (χ0n) is 12.3. The predicted octanol–water partition coefficient (Wildman–Crippen LogP) is 1.63. The number of aromatic nitrogens is 2. The molecule has 5 heteroatoms. The zero-order valence-corrected chi connectivity index (χ0v) is 12.3. The molecule has 1 amide bonds. The molecule has 2 rings (SSSR count). The van der Waals surface area contributed by atoms with Gasteiger partial charge in [-0.2, -0.15) is 5.10 Å². The van der Waals surface area contributed by atoms with Crippen molar-refractivity contribution in [1.29, 1.82) is 0 Å². The molecule has 0 spiro atoms. The summed E-state index contributed by atoms with van der Waals surface area (Å²) in [5.41, 5.74) is 0.705. The molecule has 5 nitrogen and oxygen atoms in total. The standard InChI is InChI=1S/C14H24N4O/c1-5-13-10-16(4)6-7-17(13)14(19)12-8-15-18(9-12)11(2)3/h8-9,11,13H,5-7,10H2,1-4H3. The third-order valence-electron chi connectivity index (χ3n) is 3.80. The lowest BCUT2D eigenvalue weighted by Gasteiger charge is -2.39. The Kier molecular flexibility index (Phi) is 4.24. The second-order valence-electron chi connectivity index (χ2n) is 5.63. The van der Waals surface area contributed by atoms with E-state index in [1.807, 2.05) is 15.8 Å². The second-order valence-corrected chi connectivity index (χ2v) is 5.63. The molecule has 0 radical (unpaired) electrons. The lowest BCUT2D eigenvalue weighted by atomic mass is 10.1. The van der Waals surface area contributed by atoms with E-state index in [0.717, 1.165) is 26.1 Å². The van der Waals surface area contributed by atoms with Crippen LogP contribution in [0.4, 0.5) is 0 Å². The van der Waals surface area contributed by atoms with Gasteiger partial charge in [0.15, 0.2) is 0 Å². The molecule has 2 heterocycles. The first-order valence-electron chi connectivity index (χ1n) is 7.06. The summed E-state index contributed by atoms with van der Waals surface area (Å²) in [6.07, 6.45) is 4.54. The minimum atomic E-state index is 0.117. The maximum Gasteiger partial charge on any atom is 0.257 e. The first kappa shape index (κ1) is 14.1. The minimum absolute atomic E-state index is 0.117. The Balaban J connectivity index is 2.13. The molecule has 19 heavy (non-hydrogen) atoms. The molecular weight excluding hydrogens is 240 g/mol. The molecule has 1 aromatic rings. The highest BCUT2D eigenvalue weighted by atomic mass is 16.2. The molecule has 0 aromatic carbocycles. The van der Waals surface area contributed by atoms with Gasteiger partial charge in [0.25, 0.3) is 5.91 Å². The fourth-order valence-corrected chi connectivity index (χ4v) is 2.52. The Labute approximate surface area is 115 Å². The Morgan fingerprint density at radius 2 is 2.21 bits per heavy atom. The van der Waals surface area contributed by atoms with Crippen LogP contribution >= 0.6 is 0 Å². The van der Waals surface area contributed by atoms with Crippen LogP contribution in [-0.2, 0) is 0 Å². The van der Waals surface area contributed by atoms with Crippen molar-refractivity contribution in [2.24, 2.45) is 0 Å². The molecule has 0 saturated carbocycles. The van der Waals surface area contributed by atoms with Crippen LogP contribution in [0, 0.1) is 0 Å². The van der Waals surface area contributed by atoms with Crippen molar-refractivity contribution in [3.63, 3.8) is 0 Å². The number of hydrogen-bond donors (Lipinski definition) is 0. The number of likely N-dealkylation sites (N-methyl/N-ethyl adjacent to an activating group) is 1. The fourth-order valence-electron chi connectivity index (χ4n) is 2.52. The van der Waals surface area contributed by atoms with Crippen LogP contribution in [0.5, 0.6) is 0 Å². The molecule has 0 aliphatic carbocycles. The monoisotopic (exact) mass is 264 g/mol. The molecule has 1 fully saturated rings. The van der Waals surface area contributed by atoms with E-state index >= 15 is 0 Å². The number of piperazine rings is 1. The lowest BCUT2D eigenvalue weighted by Crippen LogP contribution is -2.53. The van der Waals surface area contributed by atoms with E-state index in [4.69, 9.17) is 0 Å². The largest absolute Gasteiger partial charge is 0.333 e. The normalized spacial score (nSPS) is 21.1. The minimum Gasteiger partial charge on any atom is -0.333 e. The first-order chi connectivity index (χ1) is 9.02. The van der Waals surface area contributed by atoms with Crippen molar-refractivity contribution in [3.05, 3.63) is 18.0 Å². The average Bonchev–Trinajstić information content (AvgIpc) is 2.87. The molecule has 1 unspecified atom stereocenters. The van der Waals surface area contributed by atoms with Crippen molar-refractivity contribution in [2.75, 3.05) is 26.7 Å². The molecule has 1 saturated heterocycles. The van der Waals surface area contributed by atoms with Crippen LogP contribution in [-0.4, -0.2) is 58.2 Å². The Hall–Kier alpha value is -1.36. The molecule has 1 atom stereocenters. The highest BCUT2D eigenvalue weighted by molar-refractivity contribution is 5.94. The van der Waals surface area contributed by atoms with Gasteiger partial charge in [0.05, 0.1) is 11.8 Å². The van der Waals surface area contributed by atoms with E-state index in [2.05, 4.69) is 37.8 Å². The van der Waals surface area contributed by atoms with Gasteiger partial charge in [-0.15, -0.1) is 0 Å². The quantitative estimate of drug-likeness (QED) is 0.833. The number of nitrogens with zero attached hydrogens (tertiary/aromatic N) is 4. The van der Waals surface area contributed by atoms with Gasteiger partial charge >= 0.3 is 0 Å². The molecule has 0 N–H and O–H groups in total. The van der Waals surface area contributed by atoms with Crippen LogP contribution in [0.25, 0.3) is 0 Å². The third-order valence-corrected chi connectivity index (χ3v) is 3.80. The topological polar surface area (TPSA) is 41.4 Å². The zero-order chi connectivity index (χ0) is 14.0. The van der Waals surface area contributed by atoms with Crippen molar-refractivity contribution < 1.29 is 4.79 Å². The summed E-state index contributed by atoms with van der Waals surface area (Å²) in [6, 6.07) is 0.602. The van der Waals surface area contributed by atoms with Gasteiger partial charge in [-0.05, 0) is 27.3 Å². The summed E-state index contributed by atoms with van der Waals surface area (Å²) in [5.74, 6) is 0.117. The highest BCUT2D eigenvalue weighted by Crippen LogP contribution is 2.16. The Morgan fingerprint density at radius 3 is 2.79 bits per heavy atom. The molecule has 1 aliphatic rings. The van der Waals surface area contributed by atoms with E-state index in [1.165, 1.54) is 0 Å². The summed E-state index contributed by atoms with van der Waals surface area (Å²) in [7, 11) is 2.11. The van der Waals surface area contributed by atoms with Gasteiger partial charge in [-0.25, -0.2) is 0 Å². The summed E-state index contributed by atoms with van der Waals surface area (Å²) >= 11 is 0. The number of carbonyl (C=O) groups is 1. The van der Waals surface area contributed by atoms with Crippen LogP contribution < -0.4 is 0 Å². The molecule has 1 aliphatic heterocycles. The van der Waals surface area contributed by atoms with E-state index in [-0.39, 0.29) is 11.9 Å². The smallest absolute Gasteiger partial charge is 0.257 e. The van der Waals surface area contributed by atoms with E-state index in [9.17, 15) is 4.79 Å². The van der Waals surface area contributed by atoms with Crippen molar-refractivity contribution in [3.8, 4) is 0 Å². The van der Waals surface area contributed by atoms with Crippen molar-refractivity contribution in [1.82, 2.24) is 19.6 Å². The second kappa shape index (κ2) is 5.74. The van der Waals surface area contributed by atoms with Crippen LogP contribution in [0.1, 0.15) is 43.6 Å². The number of carbonyl (C=O) groups excluding carboxylic acids is 1. The van der Waals surface area contributed by atoms with E-state index in [1.54, 1.807) is 6.20 Å². The average molecular weight is 264 g/mol. The maximum atomic E-state index is 12.6. The summed E-state index contributed by atoms with van der Waals surface area (Å²) < 4.78 is 1.84. The van der Waals surface area contributed by atoms with Gasteiger partial charge < -0.3 is 9.80 Å². The lowest BCUT2D eigenvalue weighted by molar-refractivity contribution is 0.0493. The maximum absolute atomic E-state index is 12.6. The third kappa shape index (κ3) is 2.97. The number of hydrogen-bond acceptors (Lipinski definition) is 3. The first-order valence-corrected chi connectivity index (χ1v) is 7.06. The van der Waals surface area contributed by atoms with Gasteiger partial charge in [0.1, 0.15) is 0 Å². The van der Waals surface area contributed by atoms with Crippen LogP contribution in [0.3, 0.4) is 0 Å². The summed E-state index contributed by atoms with van der Waals surface area (Å²) in [5, 5.41) is 4.26.